The van der Waals surface area contributed by atoms with Crippen molar-refractivity contribution in [3.63, 3.8) is 0 Å². The highest BCUT2D eigenvalue weighted by Crippen LogP contribution is 2.11. The van der Waals surface area contributed by atoms with Gasteiger partial charge in [0.05, 0.1) is 6.54 Å². The minimum absolute atomic E-state index is 0.00887. The van der Waals surface area contributed by atoms with Crippen LogP contribution < -0.4 is 10.1 Å². The second-order valence-electron chi connectivity index (χ2n) is 7.37. The zero-order chi connectivity index (χ0) is 20.5. The summed E-state index contributed by atoms with van der Waals surface area (Å²) in [6.45, 7) is 6.11. The SMILES string of the molecule is Cc1ccc(CN2CCCN(C(=O)CNC(=O)COc3ccccc3)CC2)cc1. The normalized spacial score (nSPS) is 14.9. The number of rotatable bonds is 7. The molecule has 6 nitrogen and oxygen atoms in total. The van der Waals surface area contributed by atoms with Crippen molar-refractivity contribution in [1.29, 1.82) is 0 Å². The number of ether oxygens (including phenoxy) is 1. The Morgan fingerprint density at radius 3 is 2.48 bits per heavy atom. The van der Waals surface area contributed by atoms with Crippen molar-refractivity contribution in [2.24, 2.45) is 0 Å². The number of benzene rings is 2. The number of hydrogen-bond acceptors (Lipinski definition) is 4. The highest BCUT2D eigenvalue weighted by Gasteiger charge is 2.19. The predicted octanol–water partition coefficient (Wildman–Crippen LogP) is 2.22. The predicted molar refractivity (Wildman–Crippen MR) is 113 cm³/mol. The summed E-state index contributed by atoms with van der Waals surface area (Å²) in [5, 5.41) is 2.66. The second-order valence-corrected chi connectivity index (χ2v) is 7.37. The Balaban J connectivity index is 1.38. The van der Waals surface area contributed by atoms with Gasteiger partial charge in [-0.05, 0) is 31.0 Å². The number of para-hydroxylation sites is 1. The van der Waals surface area contributed by atoms with E-state index in [1.807, 2.05) is 23.1 Å². The largest absolute Gasteiger partial charge is 0.484 e. The molecule has 0 aliphatic carbocycles. The number of carbonyl (C=O) groups is 2. The first-order valence-electron chi connectivity index (χ1n) is 10.1. The molecule has 0 saturated carbocycles. The van der Waals surface area contributed by atoms with Crippen molar-refractivity contribution in [3.8, 4) is 5.75 Å². The Kier molecular flexibility index (Phi) is 7.64. The lowest BCUT2D eigenvalue weighted by molar-refractivity contribution is -0.133. The van der Waals surface area contributed by atoms with Gasteiger partial charge < -0.3 is 15.0 Å². The van der Waals surface area contributed by atoms with E-state index in [9.17, 15) is 9.59 Å². The molecule has 2 aromatic rings. The standard InChI is InChI=1S/C23H29N3O3/c1-19-8-10-20(11-9-19)17-25-12-5-13-26(15-14-25)23(28)16-24-22(27)18-29-21-6-3-2-4-7-21/h2-4,6-11H,5,12-18H2,1H3,(H,24,27). The number of hydrogen-bond donors (Lipinski definition) is 1. The van der Waals surface area contributed by atoms with Crippen molar-refractivity contribution in [3.05, 3.63) is 65.7 Å². The molecule has 29 heavy (non-hydrogen) atoms. The van der Waals surface area contributed by atoms with Gasteiger partial charge in [-0.25, -0.2) is 0 Å². The summed E-state index contributed by atoms with van der Waals surface area (Å²) in [6, 6.07) is 17.7. The van der Waals surface area contributed by atoms with E-state index in [1.54, 1.807) is 12.1 Å². The van der Waals surface area contributed by atoms with Crippen LogP contribution in [0.4, 0.5) is 0 Å². The van der Waals surface area contributed by atoms with Crippen molar-refractivity contribution < 1.29 is 14.3 Å². The molecule has 1 saturated heterocycles. The fourth-order valence-corrected chi connectivity index (χ4v) is 3.33. The van der Waals surface area contributed by atoms with Gasteiger partial charge in [0, 0.05) is 32.7 Å². The van der Waals surface area contributed by atoms with E-state index in [0.29, 0.717) is 12.3 Å². The number of aryl methyl sites for hydroxylation is 1. The smallest absolute Gasteiger partial charge is 0.258 e. The van der Waals surface area contributed by atoms with Crippen molar-refractivity contribution in [2.45, 2.75) is 19.9 Å². The Labute approximate surface area is 172 Å². The lowest BCUT2D eigenvalue weighted by Gasteiger charge is -2.22. The maximum atomic E-state index is 12.5. The van der Waals surface area contributed by atoms with Crippen LogP contribution in [0.15, 0.2) is 54.6 Å². The van der Waals surface area contributed by atoms with Crippen molar-refractivity contribution in [2.75, 3.05) is 39.3 Å². The lowest BCUT2D eigenvalue weighted by Crippen LogP contribution is -2.43. The minimum atomic E-state index is -0.293. The first-order chi connectivity index (χ1) is 14.1. The summed E-state index contributed by atoms with van der Waals surface area (Å²) >= 11 is 0. The summed E-state index contributed by atoms with van der Waals surface area (Å²) in [5.41, 5.74) is 2.55. The van der Waals surface area contributed by atoms with Crippen LogP contribution in [0.5, 0.6) is 5.75 Å². The van der Waals surface area contributed by atoms with E-state index < -0.39 is 0 Å². The molecule has 0 unspecified atom stereocenters. The maximum Gasteiger partial charge on any atom is 0.258 e. The molecule has 2 amide bonds. The quantitative estimate of drug-likeness (QED) is 0.781. The van der Waals surface area contributed by atoms with Gasteiger partial charge in [-0.2, -0.15) is 0 Å². The van der Waals surface area contributed by atoms with Crippen LogP contribution in [-0.4, -0.2) is 60.9 Å². The molecular formula is C23H29N3O3. The van der Waals surface area contributed by atoms with Gasteiger partial charge in [0.15, 0.2) is 6.61 Å². The molecule has 2 aromatic carbocycles. The Morgan fingerprint density at radius 2 is 1.72 bits per heavy atom. The third-order valence-corrected chi connectivity index (χ3v) is 5.02. The third-order valence-electron chi connectivity index (χ3n) is 5.02. The van der Waals surface area contributed by atoms with E-state index >= 15 is 0 Å². The number of amides is 2. The van der Waals surface area contributed by atoms with Crippen LogP contribution in [0.3, 0.4) is 0 Å². The van der Waals surface area contributed by atoms with Crippen molar-refractivity contribution in [1.82, 2.24) is 15.1 Å². The van der Waals surface area contributed by atoms with Gasteiger partial charge in [0.2, 0.25) is 5.91 Å². The average Bonchev–Trinajstić information content (AvgIpc) is 2.98. The molecule has 0 atom stereocenters. The highest BCUT2D eigenvalue weighted by atomic mass is 16.5. The van der Waals surface area contributed by atoms with Gasteiger partial charge in [-0.3, -0.25) is 14.5 Å². The van der Waals surface area contributed by atoms with Crippen LogP contribution >= 0.6 is 0 Å². The molecular weight excluding hydrogens is 366 g/mol. The van der Waals surface area contributed by atoms with Crippen LogP contribution in [0, 0.1) is 6.92 Å². The monoisotopic (exact) mass is 395 g/mol. The summed E-state index contributed by atoms with van der Waals surface area (Å²) in [4.78, 5) is 28.6. The number of nitrogens with one attached hydrogen (secondary N) is 1. The molecule has 3 rings (SSSR count). The summed E-state index contributed by atoms with van der Waals surface area (Å²) in [5.74, 6) is 0.295. The van der Waals surface area contributed by atoms with Gasteiger partial charge in [-0.15, -0.1) is 0 Å². The first-order valence-corrected chi connectivity index (χ1v) is 10.1. The van der Waals surface area contributed by atoms with Crippen LogP contribution in [0.1, 0.15) is 17.5 Å². The van der Waals surface area contributed by atoms with Gasteiger partial charge in [0.25, 0.3) is 5.91 Å². The number of nitrogens with zero attached hydrogens (tertiary/aromatic N) is 2. The van der Waals surface area contributed by atoms with E-state index in [4.69, 9.17) is 4.74 Å². The van der Waals surface area contributed by atoms with Gasteiger partial charge in [-0.1, -0.05) is 48.0 Å². The van der Waals surface area contributed by atoms with E-state index in [2.05, 4.69) is 41.4 Å². The summed E-state index contributed by atoms with van der Waals surface area (Å²) in [6.07, 6.45) is 0.933. The lowest BCUT2D eigenvalue weighted by atomic mass is 10.1. The zero-order valence-corrected chi connectivity index (χ0v) is 17.0. The molecule has 1 aliphatic rings. The fraction of sp³-hybridized carbons (Fsp3) is 0.391. The molecule has 154 valence electrons. The Bertz CT molecular complexity index is 793. The summed E-state index contributed by atoms with van der Waals surface area (Å²) < 4.78 is 5.40. The van der Waals surface area contributed by atoms with E-state index in [-0.39, 0.29) is 25.0 Å². The minimum Gasteiger partial charge on any atom is -0.484 e. The first kappa shape index (κ1) is 20.9. The molecule has 0 aromatic heterocycles. The van der Waals surface area contributed by atoms with Crippen molar-refractivity contribution >= 4 is 11.8 Å². The van der Waals surface area contributed by atoms with E-state index in [1.165, 1.54) is 11.1 Å². The van der Waals surface area contributed by atoms with E-state index in [0.717, 1.165) is 32.6 Å². The topological polar surface area (TPSA) is 61.9 Å². The van der Waals surface area contributed by atoms with Gasteiger partial charge in [0.1, 0.15) is 5.75 Å². The van der Waals surface area contributed by atoms with Crippen LogP contribution in [0.2, 0.25) is 0 Å². The second kappa shape index (κ2) is 10.6. The molecule has 0 radical (unpaired) electrons. The molecule has 1 fully saturated rings. The molecule has 6 heteroatoms. The molecule has 1 aliphatic heterocycles. The average molecular weight is 396 g/mol. The van der Waals surface area contributed by atoms with Crippen LogP contribution in [-0.2, 0) is 16.1 Å². The summed E-state index contributed by atoms with van der Waals surface area (Å²) in [7, 11) is 0. The van der Waals surface area contributed by atoms with Gasteiger partial charge >= 0.3 is 0 Å². The maximum absolute atomic E-state index is 12.5. The number of carbonyl (C=O) groups excluding carboxylic acids is 2. The molecule has 0 bridgehead atoms. The fourth-order valence-electron chi connectivity index (χ4n) is 3.33. The Hall–Kier alpha value is -2.86. The molecule has 0 spiro atoms. The highest BCUT2D eigenvalue weighted by molar-refractivity contribution is 5.85. The zero-order valence-electron chi connectivity index (χ0n) is 17.0. The molecule has 1 N–H and O–H groups in total. The third kappa shape index (κ3) is 6.91. The Morgan fingerprint density at radius 1 is 0.966 bits per heavy atom. The molecule has 1 heterocycles. The van der Waals surface area contributed by atoms with Crippen LogP contribution in [0.25, 0.3) is 0 Å².